The van der Waals surface area contributed by atoms with Crippen LogP contribution in [0.3, 0.4) is 0 Å². The number of hydrogen-bond donors (Lipinski definition) is 1. The SMILES string of the molecule is CCCCCN(CCCC)CCN(Cc1ccc(-c2ccccc2)cc1)C(=O)Nc1ccc(CCCC)cc1. The molecular formula is C35H49N3O. The molecule has 0 aliphatic carbocycles. The fourth-order valence-electron chi connectivity index (χ4n) is 4.81. The van der Waals surface area contributed by atoms with Gasteiger partial charge in [-0.3, -0.25) is 0 Å². The zero-order valence-electron chi connectivity index (χ0n) is 24.5. The molecule has 0 heterocycles. The Kier molecular flexibility index (Phi) is 13.6. The summed E-state index contributed by atoms with van der Waals surface area (Å²) in [5.41, 5.74) is 5.73. The third-order valence-corrected chi connectivity index (χ3v) is 7.34. The van der Waals surface area contributed by atoms with Gasteiger partial charge >= 0.3 is 6.03 Å². The Labute approximate surface area is 237 Å². The molecule has 1 N–H and O–H groups in total. The molecule has 0 bridgehead atoms. The summed E-state index contributed by atoms with van der Waals surface area (Å²) in [7, 11) is 0. The first-order valence-corrected chi connectivity index (χ1v) is 15.1. The van der Waals surface area contributed by atoms with Crippen LogP contribution in [0.2, 0.25) is 0 Å². The van der Waals surface area contributed by atoms with Crippen molar-refractivity contribution in [1.29, 1.82) is 0 Å². The lowest BCUT2D eigenvalue weighted by atomic mass is 10.0. The van der Waals surface area contributed by atoms with Crippen LogP contribution in [0.25, 0.3) is 11.1 Å². The van der Waals surface area contributed by atoms with E-state index in [-0.39, 0.29) is 6.03 Å². The molecule has 4 nitrogen and oxygen atoms in total. The maximum atomic E-state index is 13.5. The number of carbonyl (C=O) groups excluding carboxylic acids is 1. The van der Waals surface area contributed by atoms with Gasteiger partial charge in [-0.1, -0.05) is 113 Å². The molecule has 0 unspecified atom stereocenters. The number of carbonyl (C=O) groups is 1. The van der Waals surface area contributed by atoms with Crippen LogP contribution in [0.1, 0.15) is 76.8 Å². The van der Waals surface area contributed by atoms with Gasteiger partial charge in [0.05, 0.1) is 0 Å². The lowest BCUT2D eigenvalue weighted by Gasteiger charge is -2.28. The standard InChI is InChI=1S/C35H49N3O/c1-4-7-13-26-37(25-9-6-3)27-28-38(35(39)36-34-23-19-30(20-24-34)14-8-5-2)29-31-17-21-33(22-18-31)32-15-11-10-12-16-32/h10-12,15-24H,4-9,13-14,25-29H2,1-3H3,(H,36,39). The summed E-state index contributed by atoms with van der Waals surface area (Å²) in [4.78, 5) is 18.1. The first kappa shape index (κ1) is 30.4. The van der Waals surface area contributed by atoms with Crippen LogP contribution in [-0.2, 0) is 13.0 Å². The van der Waals surface area contributed by atoms with E-state index in [0.717, 1.165) is 37.3 Å². The normalized spacial score (nSPS) is 11.1. The Morgan fingerprint density at radius 1 is 0.615 bits per heavy atom. The van der Waals surface area contributed by atoms with Crippen LogP contribution in [0.5, 0.6) is 0 Å². The zero-order chi connectivity index (χ0) is 27.7. The topological polar surface area (TPSA) is 35.6 Å². The lowest BCUT2D eigenvalue weighted by Crippen LogP contribution is -2.41. The Bertz CT molecular complexity index is 1060. The number of amides is 2. The molecule has 0 radical (unpaired) electrons. The van der Waals surface area contributed by atoms with Crippen molar-refractivity contribution in [3.05, 3.63) is 90.0 Å². The molecule has 0 aliphatic heterocycles. The second-order valence-corrected chi connectivity index (χ2v) is 10.6. The van der Waals surface area contributed by atoms with Crippen molar-refractivity contribution in [2.24, 2.45) is 0 Å². The quantitative estimate of drug-likeness (QED) is 0.178. The van der Waals surface area contributed by atoms with E-state index in [2.05, 4.69) is 91.7 Å². The Balaban J connectivity index is 1.70. The number of nitrogens with one attached hydrogen (secondary N) is 1. The molecule has 0 saturated heterocycles. The molecule has 3 rings (SSSR count). The highest BCUT2D eigenvalue weighted by Crippen LogP contribution is 2.20. The van der Waals surface area contributed by atoms with E-state index in [1.165, 1.54) is 61.6 Å². The van der Waals surface area contributed by atoms with Crippen molar-refractivity contribution < 1.29 is 4.79 Å². The van der Waals surface area contributed by atoms with Crippen molar-refractivity contribution in [1.82, 2.24) is 9.80 Å². The first-order chi connectivity index (χ1) is 19.1. The number of rotatable bonds is 17. The molecule has 3 aromatic carbocycles. The highest BCUT2D eigenvalue weighted by molar-refractivity contribution is 5.89. The molecule has 0 spiro atoms. The van der Waals surface area contributed by atoms with Crippen molar-refractivity contribution in [3.8, 4) is 11.1 Å². The van der Waals surface area contributed by atoms with Crippen molar-refractivity contribution in [3.63, 3.8) is 0 Å². The average molecular weight is 528 g/mol. The third kappa shape index (κ3) is 10.9. The van der Waals surface area contributed by atoms with Gasteiger partial charge in [-0.2, -0.15) is 0 Å². The van der Waals surface area contributed by atoms with Gasteiger partial charge in [0.15, 0.2) is 0 Å². The summed E-state index contributed by atoms with van der Waals surface area (Å²) < 4.78 is 0. The summed E-state index contributed by atoms with van der Waals surface area (Å²) >= 11 is 0. The van der Waals surface area contributed by atoms with E-state index in [0.29, 0.717) is 13.1 Å². The van der Waals surface area contributed by atoms with Crippen LogP contribution in [-0.4, -0.2) is 42.0 Å². The number of urea groups is 1. The van der Waals surface area contributed by atoms with E-state index in [9.17, 15) is 4.79 Å². The number of nitrogens with zero attached hydrogens (tertiary/aromatic N) is 2. The summed E-state index contributed by atoms with van der Waals surface area (Å²) in [6.45, 7) is 11.1. The van der Waals surface area contributed by atoms with Crippen LogP contribution in [0.15, 0.2) is 78.9 Å². The van der Waals surface area contributed by atoms with E-state index >= 15 is 0 Å². The molecule has 0 fully saturated rings. The van der Waals surface area contributed by atoms with E-state index < -0.39 is 0 Å². The molecule has 0 aromatic heterocycles. The molecule has 0 atom stereocenters. The number of anilines is 1. The van der Waals surface area contributed by atoms with E-state index in [1.54, 1.807) is 0 Å². The maximum absolute atomic E-state index is 13.5. The third-order valence-electron chi connectivity index (χ3n) is 7.34. The monoisotopic (exact) mass is 527 g/mol. The molecule has 4 heteroatoms. The van der Waals surface area contributed by atoms with Crippen molar-refractivity contribution in [2.75, 3.05) is 31.5 Å². The van der Waals surface area contributed by atoms with Crippen LogP contribution in [0, 0.1) is 0 Å². The number of hydrogen-bond acceptors (Lipinski definition) is 2. The summed E-state index contributed by atoms with van der Waals surface area (Å²) in [6, 6.07) is 27.4. The Morgan fingerprint density at radius 2 is 1.23 bits per heavy atom. The highest BCUT2D eigenvalue weighted by Gasteiger charge is 2.16. The van der Waals surface area contributed by atoms with Gasteiger partial charge in [0.2, 0.25) is 0 Å². The second kappa shape index (κ2) is 17.5. The second-order valence-electron chi connectivity index (χ2n) is 10.6. The molecule has 39 heavy (non-hydrogen) atoms. The minimum atomic E-state index is -0.0348. The van der Waals surface area contributed by atoms with E-state index in [4.69, 9.17) is 0 Å². The fraction of sp³-hybridized carbons (Fsp3) is 0.457. The lowest BCUT2D eigenvalue weighted by molar-refractivity contribution is 0.188. The Morgan fingerprint density at radius 3 is 1.90 bits per heavy atom. The van der Waals surface area contributed by atoms with Gasteiger partial charge in [0, 0.05) is 25.3 Å². The Hall–Kier alpha value is -3.11. The van der Waals surface area contributed by atoms with Crippen LogP contribution >= 0.6 is 0 Å². The summed E-state index contributed by atoms with van der Waals surface area (Å²) in [5, 5.41) is 3.17. The maximum Gasteiger partial charge on any atom is 0.322 e. The largest absolute Gasteiger partial charge is 0.322 e. The van der Waals surface area contributed by atoms with Gasteiger partial charge in [-0.25, -0.2) is 4.79 Å². The summed E-state index contributed by atoms with van der Waals surface area (Å²) in [6.07, 6.45) is 9.56. The van der Waals surface area contributed by atoms with Crippen LogP contribution in [0.4, 0.5) is 10.5 Å². The molecular weight excluding hydrogens is 478 g/mol. The molecule has 0 aliphatic rings. The van der Waals surface area contributed by atoms with Crippen molar-refractivity contribution in [2.45, 2.75) is 78.7 Å². The number of benzene rings is 3. The van der Waals surface area contributed by atoms with Gasteiger partial charge in [-0.15, -0.1) is 0 Å². The average Bonchev–Trinajstić information content (AvgIpc) is 2.98. The molecule has 2 amide bonds. The fourth-order valence-corrected chi connectivity index (χ4v) is 4.81. The van der Waals surface area contributed by atoms with Gasteiger partial charge in [0.25, 0.3) is 0 Å². The molecule has 3 aromatic rings. The van der Waals surface area contributed by atoms with E-state index in [1.807, 2.05) is 23.1 Å². The van der Waals surface area contributed by atoms with Crippen molar-refractivity contribution >= 4 is 11.7 Å². The predicted octanol–water partition coefficient (Wildman–Crippen LogP) is 9.02. The van der Waals surface area contributed by atoms with Gasteiger partial charge in [0.1, 0.15) is 0 Å². The summed E-state index contributed by atoms with van der Waals surface area (Å²) in [5.74, 6) is 0. The highest BCUT2D eigenvalue weighted by atomic mass is 16.2. The zero-order valence-corrected chi connectivity index (χ0v) is 24.5. The molecule has 0 saturated carbocycles. The molecule has 210 valence electrons. The van der Waals surface area contributed by atoms with Gasteiger partial charge in [-0.05, 0) is 73.2 Å². The number of aryl methyl sites for hydroxylation is 1. The minimum absolute atomic E-state index is 0.0348. The van der Waals surface area contributed by atoms with Crippen LogP contribution < -0.4 is 5.32 Å². The first-order valence-electron chi connectivity index (χ1n) is 15.1. The predicted molar refractivity (Wildman–Crippen MR) is 167 cm³/mol. The smallest absolute Gasteiger partial charge is 0.319 e. The van der Waals surface area contributed by atoms with Gasteiger partial charge < -0.3 is 15.1 Å². The minimum Gasteiger partial charge on any atom is -0.319 e. The number of unbranched alkanes of at least 4 members (excludes halogenated alkanes) is 4.